The molecule has 0 aliphatic heterocycles. The van der Waals surface area contributed by atoms with Gasteiger partial charge in [0.25, 0.3) is 17.7 Å². The van der Waals surface area contributed by atoms with Crippen LogP contribution in [-0.4, -0.2) is 22.6 Å². The van der Waals surface area contributed by atoms with Gasteiger partial charge in [0.15, 0.2) is 0 Å². The Labute approximate surface area is 216 Å². The Hall–Kier alpha value is -2.79. The van der Waals surface area contributed by atoms with Gasteiger partial charge in [0.2, 0.25) is 0 Å². The molecule has 0 atom stereocenters. The van der Waals surface area contributed by atoms with Crippen LogP contribution in [0.4, 0.5) is 22.0 Å². The number of hydrogen-bond donors (Lipinski definition) is 1. The number of halogens is 7. The third-order valence-electron chi connectivity index (χ3n) is 5.61. The lowest BCUT2D eigenvalue weighted by Crippen LogP contribution is -2.36. The van der Waals surface area contributed by atoms with Gasteiger partial charge in [-0.3, -0.25) is 4.79 Å². The molecular formula is C24H18BrClF5N3O2. The largest absolute Gasteiger partial charge is 0.437 e. The summed E-state index contributed by atoms with van der Waals surface area (Å²) in [5, 5.41) is 9.98. The number of fused-ring (bicyclic) bond motifs is 1. The van der Waals surface area contributed by atoms with Gasteiger partial charge >= 0.3 is 6.18 Å². The number of nitrogens with one attached hydrogen (secondary N) is 1. The van der Waals surface area contributed by atoms with Crippen molar-refractivity contribution < 1.29 is 31.5 Å². The van der Waals surface area contributed by atoms with Crippen LogP contribution in [0, 0.1) is 0 Å². The zero-order chi connectivity index (χ0) is 26.1. The Balaban J connectivity index is 1.64. The number of benzene rings is 2. The van der Waals surface area contributed by atoms with E-state index in [9.17, 15) is 26.7 Å². The minimum atomic E-state index is -4.61. The van der Waals surface area contributed by atoms with E-state index in [1.807, 2.05) is 0 Å². The lowest BCUT2D eigenvalue weighted by molar-refractivity contribution is -0.137. The van der Waals surface area contributed by atoms with Crippen LogP contribution >= 0.6 is 27.5 Å². The molecule has 12 heteroatoms. The zero-order valence-corrected chi connectivity index (χ0v) is 20.8. The van der Waals surface area contributed by atoms with Gasteiger partial charge in [-0.1, -0.05) is 39.7 Å². The van der Waals surface area contributed by atoms with E-state index in [2.05, 4.69) is 31.4 Å². The van der Waals surface area contributed by atoms with Gasteiger partial charge in [0, 0.05) is 10.0 Å². The maximum Gasteiger partial charge on any atom is 0.416 e. The molecule has 0 spiro atoms. The smallest absolute Gasteiger partial charge is 0.416 e. The second-order valence-corrected chi connectivity index (χ2v) is 9.47. The summed E-state index contributed by atoms with van der Waals surface area (Å²) in [6.07, 6.45) is -2.15. The second-order valence-electron chi connectivity index (χ2n) is 8.15. The predicted octanol–water partition coefficient (Wildman–Crippen LogP) is 7.10. The van der Waals surface area contributed by atoms with Crippen molar-refractivity contribution in [2.75, 3.05) is 6.54 Å². The molecule has 2 aromatic carbocycles. The van der Waals surface area contributed by atoms with Crippen molar-refractivity contribution >= 4 is 33.4 Å². The Morgan fingerprint density at radius 2 is 1.81 bits per heavy atom. The third kappa shape index (κ3) is 5.78. The van der Waals surface area contributed by atoms with Gasteiger partial charge < -0.3 is 10.1 Å². The van der Waals surface area contributed by atoms with Gasteiger partial charge in [-0.25, -0.2) is 0 Å². The Kier molecular flexibility index (Phi) is 7.51. The van der Waals surface area contributed by atoms with Gasteiger partial charge in [-0.05, 0) is 61.6 Å². The van der Waals surface area contributed by atoms with Crippen molar-refractivity contribution in [3.05, 3.63) is 79.9 Å². The van der Waals surface area contributed by atoms with Gasteiger partial charge in [0.1, 0.15) is 11.3 Å². The highest BCUT2D eigenvalue weighted by atomic mass is 79.9. The molecule has 1 aromatic heterocycles. The normalized spacial score (nSPS) is 13.8. The maximum absolute atomic E-state index is 14.9. The monoisotopic (exact) mass is 589 g/mol. The molecule has 1 heterocycles. The van der Waals surface area contributed by atoms with Crippen molar-refractivity contribution in [2.24, 2.45) is 0 Å². The van der Waals surface area contributed by atoms with Crippen LogP contribution in [0.1, 0.15) is 45.6 Å². The summed E-state index contributed by atoms with van der Waals surface area (Å²) in [4.78, 5) is 13.2. The molecule has 5 nitrogen and oxygen atoms in total. The fourth-order valence-electron chi connectivity index (χ4n) is 3.87. The molecule has 0 saturated carbocycles. The van der Waals surface area contributed by atoms with Crippen molar-refractivity contribution in [2.45, 2.75) is 37.8 Å². The molecule has 0 unspecified atom stereocenters. The fraction of sp³-hybridized carbons (Fsp3) is 0.292. The highest BCUT2D eigenvalue weighted by Crippen LogP contribution is 2.36. The van der Waals surface area contributed by atoms with Crippen molar-refractivity contribution in [1.29, 1.82) is 0 Å². The molecule has 36 heavy (non-hydrogen) atoms. The number of aryl methyl sites for hydroxylation is 1. The van der Waals surface area contributed by atoms with E-state index in [4.69, 9.17) is 16.3 Å². The second kappa shape index (κ2) is 10.3. The molecule has 1 amide bonds. The molecule has 0 radical (unpaired) electrons. The summed E-state index contributed by atoms with van der Waals surface area (Å²) in [7, 11) is 0. The fourth-order valence-corrected chi connectivity index (χ4v) is 4.68. The van der Waals surface area contributed by atoms with E-state index >= 15 is 0 Å². The quantitative estimate of drug-likeness (QED) is 0.311. The molecule has 0 saturated heterocycles. The highest BCUT2D eigenvalue weighted by Gasteiger charge is 2.36. The summed E-state index contributed by atoms with van der Waals surface area (Å²) in [6, 6.07) is 7.91. The molecule has 4 rings (SSSR count). The van der Waals surface area contributed by atoms with Gasteiger partial charge in [-0.15, -0.1) is 5.10 Å². The van der Waals surface area contributed by atoms with E-state index in [-0.39, 0.29) is 22.2 Å². The number of ether oxygens (including phenoxy) is 1. The first-order valence-electron chi connectivity index (χ1n) is 10.8. The molecule has 3 aromatic rings. The first-order valence-corrected chi connectivity index (χ1v) is 12.0. The number of nitrogens with zero attached hydrogens (tertiary/aromatic N) is 2. The third-order valence-corrected chi connectivity index (χ3v) is 6.42. The molecule has 190 valence electrons. The molecule has 1 aliphatic carbocycles. The van der Waals surface area contributed by atoms with E-state index in [0.29, 0.717) is 35.0 Å². The van der Waals surface area contributed by atoms with Crippen LogP contribution in [0.5, 0.6) is 11.6 Å². The number of amides is 1. The lowest BCUT2D eigenvalue weighted by atomic mass is 9.92. The molecular weight excluding hydrogens is 573 g/mol. The van der Waals surface area contributed by atoms with Crippen LogP contribution in [-0.2, 0) is 24.9 Å². The predicted molar refractivity (Wildman–Crippen MR) is 126 cm³/mol. The molecule has 0 fully saturated rings. The van der Waals surface area contributed by atoms with Crippen LogP contribution in [0.3, 0.4) is 0 Å². The Morgan fingerprint density at radius 3 is 2.53 bits per heavy atom. The first-order chi connectivity index (χ1) is 17.0. The van der Waals surface area contributed by atoms with Crippen LogP contribution < -0.4 is 10.1 Å². The van der Waals surface area contributed by atoms with E-state index in [0.717, 1.165) is 30.7 Å². The Bertz CT molecular complexity index is 1300. The summed E-state index contributed by atoms with van der Waals surface area (Å²) in [5.74, 6) is -5.00. The van der Waals surface area contributed by atoms with Gasteiger partial charge in [0.05, 0.1) is 22.8 Å². The van der Waals surface area contributed by atoms with Crippen LogP contribution in [0.25, 0.3) is 0 Å². The number of rotatable bonds is 6. The minimum absolute atomic E-state index is 0.130. The summed E-state index contributed by atoms with van der Waals surface area (Å²) in [6.45, 7) is -1.08. The zero-order valence-electron chi connectivity index (χ0n) is 18.4. The summed E-state index contributed by atoms with van der Waals surface area (Å²) >= 11 is 9.11. The van der Waals surface area contributed by atoms with E-state index in [1.165, 1.54) is 18.2 Å². The minimum Gasteiger partial charge on any atom is -0.437 e. The maximum atomic E-state index is 14.9. The van der Waals surface area contributed by atoms with Crippen LogP contribution in [0.15, 0.2) is 46.9 Å². The SMILES string of the molecule is O=C(NCC(F)(F)c1ccc(Br)cc1Cl)c1c(Oc2cccc(C(F)(F)F)c2)nnc2c1CCCC2. The van der Waals surface area contributed by atoms with Gasteiger partial charge in [-0.2, -0.15) is 27.1 Å². The number of alkyl halides is 5. The number of carbonyl (C=O) groups is 1. The van der Waals surface area contributed by atoms with Crippen molar-refractivity contribution in [3.8, 4) is 11.6 Å². The van der Waals surface area contributed by atoms with E-state index < -0.39 is 35.7 Å². The number of hydrogen-bond acceptors (Lipinski definition) is 4. The summed E-state index contributed by atoms with van der Waals surface area (Å²) < 4.78 is 75.2. The highest BCUT2D eigenvalue weighted by molar-refractivity contribution is 9.10. The van der Waals surface area contributed by atoms with Crippen molar-refractivity contribution in [1.82, 2.24) is 15.5 Å². The number of aromatic nitrogens is 2. The molecule has 1 N–H and O–H groups in total. The van der Waals surface area contributed by atoms with Crippen molar-refractivity contribution in [3.63, 3.8) is 0 Å². The topological polar surface area (TPSA) is 64.1 Å². The van der Waals surface area contributed by atoms with E-state index in [1.54, 1.807) is 0 Å². The van der Waals surface area contributed by atoms with Crippen LogP contribution in [0.2, 0.25) is 5.02 Å². The number of carbonyl (C=O) groups excluding carboxylic acids is 1. The molecule has 0 bridgehead atoms. The lowest BCUT2D eigenvalue weighted by Gasteiger charge is -2.22. The first kappa shape index (κ1) is 26.3. The summed E-state index contributed by atoms with van der Waals surface area (Å²) in [5.41, 5.74) is -0.563. The average Bonchev–Trinajstić information content (AvgIpc) is 2.82. The molecule has 1 aliphatic rings. The standard InChI is InChI=1S/C24H18BrClF5N3O2/c25-14-8-9-17(18(26)11-14)23(27,28)12-32-21(35)20-16-6-1-2-7-19(16)33-34-22(20)36-15-5-3-4-13(10-15)24(29,30)31/h3-5,8-11H,1-2,6-7,12H2,(H,32,35). The average molecular weight is 591 g/mol. The Morgan fingerprint density at radius 1 is 1.06 bits per heavy atom.